The van der Waals surface area contributed by atoms with Gasteiger partial charge in [0, 0.05) is 6.42 Å². The highest BCUT2D eigenvalue weighted by molar-refractivity contribution is 5.73. The van der Waals surface area contributed by atoms with Crippen molar-refractivity contribution in [2.24, 2.45) is 0 Å². The monoisotopic (exact) mass is 281 g/mol. The molecule has 1 heterocycles. The van der Waals surface area contributed by atoms with Gasteiger partial charge < -0.3 is 0 Å². The maximum Gasteiger partial charge on any atom is 0.172 e. The van der Waals surface area contributed by atoms with Crippen LogP contribution in [0.1, 0.15) is 21.7 Å². The lowest BCUT2D eigenvalue weighted by Crippen LogP contribution is -2.05. The molecule has 3 rings (SSSR count). The summed E-state index contributed by atoms with van der Waals surface area (Å²) in [6.07, 6.45) is 1.17. The van der Waals surface area contributed by atoms with E-state index in [1.54, 1.807) is 12.1 Å². The van der Waals surface area contributed by atoms with E-state index in [0.29, 0.717) is 24.1 Å². The van der Waals surface area contributed by atoms with Crippen molar-refractivity contribution in [3.63, 3.8) is 0 Å². The van der Waals surface area contributed by atoms with Crippen LogP contribution in [0.2, 0.25) is 0 Å². The first kappa shape index (κ1) is 13.2. The van der Waals surface area contributed by atoms with Crippen LogP contribution < -0.4 is 0 Å². The van der Waals surface area contributed by atoms with Gasteiger partial charge in [0.15, 0.2) is 6.29 Å². The van der Waals surface area contributed by atoms with Gasteiger partial charge in [0.2, 0.25) is 0 Å². The third kappa shape index (κ3) is 2.72. The van der Waals surface area contributed by atoms with Crippen LogP contribution in [0.25, 0.3) is 5.69 Å². The molecule has 0 unspecified atom stereocenters. The Bertz CT molecular complexity index is 768. The van der Waals surface area contributed by atoms with Gasteiger partial charge in [-0.25, -0.2) is 9.07 Å². The minimum Gasteiger partial charge on any atom is -0.296 e. The van der Waals surface area contributed by atoms with E-state index in [-0.39, 0.29) is 11.5 Å². The van der Waals surface area contributed by atoms with Crippen molar-refractivity contribution in [1.82, 2.24) is 15.0 Å². The minimum atomic E-state index is -0.360. The molecule has 0 saturated heterocycles. The topological polar surface area (TPSA) is 47.8 Å². The maximum absolute atomic E-state index is 13.4. The predicted molar refractivity (Wildman–Crippen MR) is 76.0 cm³/mol. The molecule has 3 aromatic rings. The Morgan fingerprint density at radius 3 is 2.62 bits per heavy atom. The lowest BCUT2D eigenvalue weighted by molar-refractivity contribution is 0.111. The van der Waals surface area contributed by atoms with E-state index in [0.717, 1.165) is 5.56 Å². The zero-order valence-corrected chi connectivity index (χ0v) is 11.1. The van der Waals surface area contributed by atoms with Crippen molar-refractivity contribution < 1.29 is 9.18 Å². The Morgan fingerprint density at radius 2 is 1.90 bits per heavy atom. The molecular weight excluding hydrogens is 269 g/mol. The van der Waals surface area contributed by atoms with Crippen molar-refractivity contribution in [2.45, 2.75) is 6.42 Å². The van der Waals surface area contributed by atoms with Gasteiger partial charge in [-0.1, -0.05) is 41.6 Å². The van der Waals surface area contributed by atoms with E-state index in [1.165, 1.54) is 16.8 Å². The normalized spacial score (nSPS) is 10.5. The highest BCUT2D eigenvalue weighted by Gasteiger charge is 2.14. The molecule has 5 heteroatoms. The van der Waals surface area contributed by atoms with Crippen molar-refractivity contribution in [1.29, 1.82) is 0 Å². The third-order valence-corrected chi connectivity index (χ3v) is 3.17. The summed E-state index contributed by atoms with van der Waals surface area (Å²) in [5.74, 6) is -0.360. The number of aromatic nitrogens is 3. The van der Waals surface area contributed by atoms with Crippen molar-refractivity contribution >= 4 is 6.29 Å². The van der Waals surface area contributed by atoms with E-state index in [4.69, 9.17) is 0 Å². The minimum absolute atomic E-state index is 0.267. The average molecular weight is 281 g/mol. The highest BCUT2D eigenvalue weighted by atomic mass is 19.1. The fourth-order valence-electron chi connectivity index (χ4n) is 2.17. The molecule has 0 fully saturated rings. The summed E-state index contributed by atoms with van der Waals surface area (Å²) in [6, 6.07) is 15.7. The van der Waals surface area contributed by atoms with Crippen LogP contribution in [0, 0.1) is 5.82 Å². The number of hydrogen-bond acceptors (Lipinski definition) is 3. The molecule has 104 valence electrons. The van der Waals surface area contributed by atoms with E-state index >= 15 is 0 Å². The second kappa shape index (κ2) is 5.66. The maximum atomic E-state index is 13.4. The van der Waals surface area contributed by atoms with E-state index in [9.17, 15) is 9.18 Å². The van der Waals surface area contributed by atoms with Gasteiger partial charge in [-0.05, 0) is 23.8 Å². The van der Waals surface area contributed by atoms with Crippen LogP contribution in [0.15, 0.2) is 54.6 Å². The Balaban J connectivity index is 2.06. The summed E-state index contributed by atoms with van der Waals surface area (Å²) < 4.78 is 14.9. The summed E-state index contributed by atoms with van der Waals surface area (Å²) in [4.78, 5) is 11.1. The lowest BCUT2D eigenvalue weighted by Gasteiger charge is -2.07. The number of aldehydes is 1. The van der Waals surface area contributed by atoms with Crippen LogP contribution in [0.3, 0.4) is 0 Å². The molecule has 21 heavy (non-hydrogen) atoms. The Kier molecular flexibility index (Phi) is 3.55. The molecule has 1 aromatic heterocycles. The molecule has 0 atom stereocenters. The second-order valence-corrected chi connectivity index (χ2v) is 4.59. The molecular formula is C16H12FN3O. The fraction of sp³-hybridized carbons (Fsp3) is 0.0625. The van der Waals surface area contributed by atoms with Crippen LogP contribution in [0.5, 0.6) is 0 Å². The van der Waals surface area contributed by atoms with Gasteiger partial charge in [-0.3, -0.25) is 4.79 Å². The van der Waals surface area contributed by atoms with E-state index in [2.05, 4.69) is 10.3 Å². The first-order valence-corrected chi connectivity index (χ1v) is 6.47. The number of carbonyl (C=O) groups excluding carboxylic acids is 1. The summed E-state index contributed by atoms with van der Waals surface area (Å²) in [5, 5.41) is 7.82. The summed E-state index contributed by atoms with van der Waals surface area (Å²) >= 11 is 0. The molecule has 0 saturated carbocycles. The molecule has 0 aliphatic heterocycles. The molecule has 4 nitrogen and oxygen atoms in total. The Morgan fingerprint density at radius 1 is 1.10 bits per heavy atom. The van der Waals surface area contributed by atoms with Gasteiger partial charge in [-0.2, -0.15) is 0 Å². The largest absolute Gasteiger partial charge is 0.296 e. The molecule has 0 aliphatic carbocycles. The van der Waals surface area contributed by atoms with Gasteiger partial charge in [0.1, 0.15) is 11.5 Å². The van der Waals surface area contributed by atoms with Crippen LogP contribution >= 0.6 is 0 Å². The fourth-order valence-corrected chi connectivity index (χ4v) is 2.17. The lowest BCUT2D eigenvalue weighted by atomic mass is 10.1. The molecule has 0 amide bonds. The zero-order valence-electron chi connectivity index (χ0n) is 11.1. The number of hydrogen-bond donors (Lipinski definition) is 0. The first-order valence-electron chi connectivity index (χ1n) is 6.47. The van der Waals surface area contributed by atoms with Gasteiger partial charge in [0.25, 0.3) is 0 Å². The van der Waals surface area contributed by atoms with E-state index < -0.39 is 0 Å². The summed E-state index contributed by atoms with van der Waals surface area (Å²) in [7, 11) is 0. The molecule has 0 bridgehead atoms. The summed E-state index contributed by atoms with van der Waals surface area (Å²) in [6.45, 7) is 0. The van der Waals surface area contributed by atoms with E-state index in [1.807, 2.05) is 30.3 Å². The van der Waals surface area contributed by atoms with Crippen LogP contribution in [-0.4, -0.2) is 21.3 Å². The molecule has 0 radical (unpaired) electrons. The first-order chi connectivity index (χ1) is 10.3. The second-order valence-electron chi connectivity index (χ2n) is 4.59. The Labute approximate surface area is 120 Å². The predicted octanol–water partition coefficient (Wildman–Crippen LogP) is 2.81. The Hall–Kier alpha value is -2.82. The molecule has 0 N–H and O–H groups in total. The molecule has 0 spiro atoms. The van der Waals surface area contributed by atoms with Crippen molar-refractivity contribution in [3.8, 4) is 5.69 Å². The van der Waals surface area contributed by atoms with Crippen LogP contribution in [-0.2, 0) is 6.42 Å². The highest BCUT2D eigenvalue weighted by Crippen LogP contribution is 2.17. The molecule has 0 aliphatic rings. The summed E-state index contributed by atoms with van der Waals surface area (Å²) in [5.41, 5.74) is 2.48. The van der Waals surface area contributed by atoms with Gasteiger partial charge in [-0.15, -0.1) is 5.10 Å². The van der Waals surface area contributed by atoms with Crippen molar-refractivity contribution in [3.05, 3.63) is 77.4 Å². The van der Waals surface area contributed by atoms with Gasteiger partial charge >= 0.3 is 0 Å². The number of rotatable bonds is 4. The standard InChI is InChI=1S/C16H12FN3O/c17-13-7-4-8-14(10-13)20-16(15(11-21)18-19-20)9-12-5-2-1-3-6-12/h1-8,10-11H,9H2. The SMILES string of the molecule is O=Cc1nnn(-c2cccc(F)c2)c1Cc1ccccc1. The smallest absolute Gasteiger partial charge is 0.172 e. The molecule has 2 aromatic carbocycles. The van der Waals surface area contributed by atoms with Gasteiger partial charge in [0.05, 0.1) is 11.4 Å². The van der Waals surface area contributed by atoms with Crippen LogP contribution in [0.4, 0.5) is 4.39 Å². The van der Waals surface area contributed by atoms with Crippen molar-refractivity contribution in [2.75, 3.05) is 0 Å². The average Bonchev–Trinajstić information content (AvgIpc) is 2.91. The number of benzene rings is 2. The third-order valence-electron chi connectivity index (χ3n) is 3.17. The quantitative estimate of drug-likeness (QED) is 0.691. The number of nitrogens with zero attached hydrogens (tertiary/aromatic N) is 3. The zero-order chi connectivity index (χ0) is 14.7. The number of halogens is 1. The number of carbonyl (C=O) groups is 1.